The topological polar surface area (TPSA) is 12.0 Å². The lowest BCUT2D eigenvalue weighted by Gasteiger charge is -2.22. The summed E-state index contributed by atoms with van der Waals surface area (Å²) in [4.78, 5) is 0. The van der Waals surface area contributed by atoms with E-state index in [2.05, 4.69) is 44.3 Å². The van der Waals surface area contributed by atoms with E-state index in [1.807, 2.05) is 0 Å². The lowest BCUT2D eigenvalue weighted by Crippen LogP contribution is -2.20. The van der Waals surface area contributed by atoms with Gasteiger partial charge in [-0.2, -0.15) is 0 Å². The van der Waals surface area contributed by atoms with Crippen LogP contribution in [0.4, 0.5) is 0 Å². The first-order chi connectivity index (χ1) is 9.09. The fourth-order valence-electron chi connectivity index (χ4n) is 3.44. The molecule has 0 atom stereocenters. The van der Waals surface area contributed by atoms with Crippen LogP contribution in [0.2, 0.25) is 0 Å². The fraction of sp³-hybridized carbons (Fsp3) is 0.667. The molecule has 19 heavy (non-hydrogen) atoms. The highest BCUT2D eigenvalue weighted by atomic mass is 14.9. The van der Waals surface area contributed by atoms with Crippen LogP contribution in [0.15, 0.2) is 18.2 Å². The summed E-state index contributed by atoms with van der Waals surface area (Å²) in [5.41, 5.74) is 5.12. The van der Waals surface area contributed by atoms with E-state index in [1.54, 1.807) is 11.1 Å². The summed E-state index contributed by atoms with van der Waals surface area (Å²) in [5, 5.41) is 3.69. The minimum absolute atomic E-state index is 0.516. The lowest BCUT2D eigenvalue weighted by atomic mass is 9.84. The van der Waals surface area contributed by atoms with Gasteiger partial charge in [-0.1, -0.05) is 37.6 Å². The summed E-state index contributed by atoms with van der Waals surface area (Å²) in [7, 11) is 0. The average Bonchev–Trinajstić information content (AvgIpc) is 3.21. The number of hydrogen-bond donors (Lipinski definition) is 1. The van der Waals surface area contributed by atoms with Crippen molar-refractivity contribution in [3.8, 4) is 0 Å². The number of aryl methyl sites for hydroxylation is 1. The molecule has 0 amide bonds. The van der Waals surface area contributed by atoms with Crippen molar-refractivity contribution in [3.05, 3.63) is 34.9 Å². The molecule has 0 spiro atoms. The Hall–Kier alpha value is -0.820. The summed E-state index contributed by atoms with van der Waals surface area (Å²) in [6.07, 6.45) is 6.89. The number of nitrogens with one attached hydrogen (secondary N) is 1. The molecule has 1 aromatic carbocycles. The molecule has 0 heterocycles. The molecule has 0 aromatic heterocycles. The molecule has 0 aliphatic heterocycles. The van der Waals surface area contributed by atoms with E-state index in [1.165, 1.54) is 37.7 Å². The Morgan fingerprint density at radius 2 is 2.00 bits per heavy atom. The summed E-state index contributed by atoms with van der Waals surface area (Å²) in [6, 6.07) is 7.92. The lowest BCUT2D eigenvalue weighted by molar-refractivity contribution is 0.482. The molecule has 104 valence electrons. The third-order valence-corrected chi connectivity index (χ3v) is 4.64. The summed E-state index contributed by atoms with van der Waals surface area (Å²) in [5.74, 6) is 0.799. The maximum Gasteiger partial charge on any atom is 0.0211 e. The van der Waals surface area contributed by atoms with Crippen molar-refractivity contribution >= 4 is 0 Å². The Labute approximate surface area is 117 Å². The van der Waals surface area contributed by atoms with Crippen LogP contribution in [-0.4, -0.2) is 6.04 Å². The largest absolute Gasteiger partial charge is 0.310 e. The van der Waals surface area contributed by atoms with Crippen LogP contribution >= 0.6 is 0 Å². The van der Waals surface area contributed by atoms with Crippen LogP contribution in [0.3, 0.4) is 0 Å². The van der Waals surface area contributed by atoms with E-state index < -0.39 is 0 Å². The Kier molecular flexibility index (Phi) is 3.42. The molecule has 2 aliphatic carbocycles. The molecule has 0 radical (unpaired) electrons. The van der Waals surface area contributed by atoms with E-state index in [4.69, 9.17) is 0 Å². The molecule has 2 fully saturated rings. The highest BCUT2D eigenvalue weighted by molar-refractivity contribution is 5.41. The van der Waals surface area contributed by atoms with E-state index >= 15 is 0 Å². The number of rotatable bonds is 6. The van der Waals surface area contributed by atoms with Crippen LogP contribution < -0.4 is 5.32 Å². The Morgan fingerprint density at radius 1 is 1.26 bits per heavy atom. The van der Waals surface area contributed by atoms with Gasteiger partial charge >= 0.3 is 0 Å². The molecule has 1 aromatic rings. The van der Waals surface area contributed by atoms with Crippen molar-refractivity contribution in [3.63, 3.8) is 0 Å². The predicted octanol–water partition coefficient (Wildman–Crippen LogP) is 4.32. The second-order valence-electron chi connectivity index (χ2n) is 7.19. The Morgan fingerprint density at radius 3 is 2.58 bits per heavy atom. The highest BCUT2D eigenvalue weighted by Gasteiger charge is 2.45. The van der Waals surface area contributed by atoms with Crippen molar-refractivity contribution in [1.29, 1.82) is 0 Å². The zero-order chi connectivity index (χ0) is 13.5. The minimum atomic E-state index is 0.516. The minimum Gasteiger partial charge on any atom is -0.310 e. The van der Waals surface area contributed by atoms with Crippen molar-refractivity contribution < 1.29 is 0 Å². The van der Waals surface area contributed by atoms with Crippen LogP contribution in [0.25, 0.3) is 0 Å². The third-order valence-electron chi connectivity index (χ3n) is 4.64. The normalized spacial score (nSPS) is 20.8. The molecular weight excluding hydrogens is 230 g/mol. The Bertz CT molecular complexity index is 453. The smallest absolute Gasteiger partial charge is 0.0211 e. The highest BCUT2D eigenvalue weighted by Crippen LogP contribution is 2.53. The van der Waals surface area contributed by atoms with Gasteiger partial charge < -0.3 is 5.32 Å². The Balaban J connectivity index is 1.82. The zero-order valence-electron chi connectivity index (χ0n) is 12.6. The van der Waals surface area contributed by atoms with Gasteiger partial charge in [-0.05, 0) is 61.5 Å². The molecule has 3 rings (SSSR count). The standard InChI is InChI=1S/C18H27N/c1-13(2)11-18(8-9-18)17-7-4-14(3)10-15(17)12-19-16-5-6-16/h4,7,10,13,16,19H,5-6,8-9,11-12H2,1-3H3. The summed E-state index contributed by atoms with van der Waals surface area (Å²) < 4.78 is 0. The second-order valence-corrected chi connectivity index (χ2v) is 7.19. The molecular formula is C18H27N. The van der Waals surface area contributed by atoms with Crippen molar-refractivity contribution in [2.24, 2.45) is 5.92 Å². The number of hydrogen-bond acceptors (Lipinski definition) is 1. The monoisotopic (exact) mass is 257 g/mol. The van der Waals surface area contributed by atoms with Gasteiger partial charge in [0.05, 0.1) is 0 Å². The van der Waals surface area contributed by atoms with Crippen molar-refractivity contribution in [2.75, 3.05) is 0 Å². The van der Waals surface area contributed by atoms with Crippen molar-refractivity contribution in [1.82, 2.24) is 5.32 Å². The molecule has 2 aliphatic rings. The number of benzene rings is 1. The van der Waals surface area contributed by atoms with E-state index in [-0.39, 0.29) is 0 Å². The first kappa shape index (κ1) is 13.2. The van der Waals surface area contributed by atoms with Gasteiger partial charge in [0.1, 0.15) is 0 Å². The molecule has 0 bridgehead atoms. The van der Waals surface area contributed by atoms with Gasteiger partial charge in [0.2, 0.25) is 0 Å². The zero-order valence-corrected chi connectivity index (χ0v) is 12.6. The van der Waals surface area contributed by atoms with Crippen LogP contribution in [0, 0.1) is 12.8 Å². The fourth-order valence-corrected chi connectivity index (χ4v) is 3.44. The third kappa shape index (κ3) is 3.02. The van der Waals surface area contributed by atoms with Gasteiger partial charge in [0.15, 0.2) is 0 Å². The van der Waals surface area contributed by atoms with Gasteiger partial charge in [-0.15, -0.1) is 0 Å². The van der Waals surface area contributed by atoms with Crippen LogP contribution in [-0.2, 0) is 12.0 Å². The predicted molar refractivity (Wildman–Crippen MR) is 81.4 cm³/mol. The van der Waals surface area contributed by atoms with Gasteiger partial charge in [0, 0.05) is 12.6 Å². The van der Waals surface area contributed by atoms with Crippen LogP contribution in [0.1, 0.15) is 62.6 Å². The molecule has 1 nitrogen and oxygen atoms in total. The van der Waals surface area contributed by atoms with Gasteiger partial charge in [0.25, 0.3) is 0 Å². The average molecular weight is 257 g/mol. The van der Waals surface area contributed by atoms with Crippen molar-refractivity contribution in [2.45, 2.75) is 70.9 Å². The van der Waals surface area contributed by atoms with E-state index in [9.17, 15) is 0 Å². The molecule has 0 unspecified atom stereocenters. The van der Waals surface area contributed by atoms with E-state index in [0.717, 1.165) is 18.5 Å². The van der Waals surface area contributed by atoms with Gasteiger partial charge in [-0.3, -0.25) is 0 Å². The molecule has 1 N–H and O–H groups in total. The maximum atomic E-state index is 3.69. The first-order valence-electron chi connectivity index (χ1n) is 7.92. The quantitative estimate of drug-likeness (QED) is 0.800. The SMILES string of the molecule is Cc1ccc(C2(CC(C)C)CC2)c(CNC2CC2)c1. The summed E-state index contributed by atoms with van der Waals surface area (Å²) >= 11 is 0. The molecule has 1 heteroatoms. The molecule has 0 saturated heterocycles. The molecule has 2 saturated carbocycles. The van der Waals surface area contributed by atoms with E-state index in [0.29, 0.717) is 5.41 Å². The van der Waals surface area contributed by atoms with Crippen LogP contribution in [0.5, 0.6) is 0 Å². The summed E-state index contributed by atoms with van der Waals surface area (Å²) in [6.45, 7) is 8.00. The van der Waals surface area contributed by atoms with Gasteiger partial charge in [-0.25, -0.2) is 0 Å². The maximum absolute atomic E-state index is 3.69. The first-order valence-corrected chi connectivity index (χ1v) is 7.92. The second kappa shape index (κ2) is 4.94.